The number of carbonyl (C=O) groups is 3. The summed E-state index contributed by atoms with van der Waals surface area (Å²) in [6.45, 7) is -0.448. The molecule has 1 fully saturated rings. The average molecular weight is 581 g/mol. The predicted octanol–water partition coefficient (Wildman–Crippen LogP) is 2.72. The summed E-state index contributed by atoms with van der Waals surface area (Å²) in [5.74, 6) is -0.0979. The molecule has 216 valence electrons. The molecule has 1 aliphatic heterocycles. The Hall–Kier alpha value is -5.73. The molecule has 2 heterocycles. The molecule has 0 amide bonds. The molecule has 1 aliphatic rings. The summed E-state index contributed by atoms with van der Waals surface area (Å²) in [4.78, 5) is 66.3. The van der Waals surface area contributed by atoms with Crippen LogP contribution < -0.4 is 11.2 Å². The Labute approximate surface area is 244 Å². The van der Waals surface area contributed by atoms with Crippen molar-refractivity contribution in [1.29, 1.82) is 0 Å². The topological polar surface area (TPSA) is 143 Å². The van der Waals surface area contributed by atoms with Crippen molar-refractivity contribution < 1.29 is 33.3 Å². The number of H-pyrrole nitrogens is 1. The summed E-state index contributed by atoms with van der Waals surface area (Å²) in [7, 11) is 0. The first-order valence-corrected chi connectivity index (χ1v) is 13.1. The number of nitrogens with one attached hydrogen (secondary N) is 1. The van der Waals surface area contributed by atoms with Crippen molar-refractivity contribution in [2.24, 2.45) is 0 Å². The van der Waals surface area contributed by atoms with E-state index in [1.54, 1.807) is 66.7 Å². The van der Waals surface area contributed by atoms with Crippen LogP contribution in [0.5, 0.6) is 0 Å². The zero-order valence-corrected chi connectivity index (χ0v) is 22.5. The van der Waals surface area contributed by atoms with Crippen LogP contribution in [0.25, 0.3) is 0 Å². The molecule has 0 saturated carbocycles. The van der Waals surface area contributed by atoms with E-state index in [0.717, 1.165) is 10.8 Å². The van der Waals surface area contributed by atoms with Crippen LogP contribution in [0.3, 0.4) is 0 Å². The van der Waals surface area contributed by atoms with Crippen molar-refractivity contribution >= 4 is 17.9 Å². The highest BCUT2D eigenvalue weighted by molar-refractivity contribution is 5.91. The minimum Gasteiger partial charge on any atom is -0.459 e. The first-order valence-electron chi connectivity index (χ1n) is 13.1. The van der Waals surface area contributed by atoms with Crippen molar-refractivity contribution in [2.45, 2.75) is 24.5 Å². The van der Waals surface area contributed by atoms with Gasteiger partial charge in [-0.1, -0.05) is 60.5 Å². The second-order valence-electron chi connectivity index (χ2n) is 9.36. The Morgan fingerprint density at radius 2 is 1.26 bits per heavy atom. The fraction of sp³-hybridized carbons (Fsp3) is 0.156. The van der Waals surface area contributed by atoms with E-state index in [1.165, 1.54) is 24.3 Å². The van der Waals surface area contributed by atoms with E-state index in [0.29, 0.717) is 0 Å². The van der Waals surface area contributed by atoms with Gasteiger partial charge < -0.3 is 18.9 Å². The van der Waals surface area contributed by atoms with E-state index in [4.69, 9.17) is 25.4 Å². The van der Waals surface area contributed by atoms with Crippen LogP contribution in [0, 0.1) is 12.3 Å². The van der Waals surface area contributed by atoms with Gasteiger partial charge in [0.25, 0.3) is 5.56 Å². The highest BCUT2D eigenvalue weighted by atomic mass is 16.7. The third kappa shape index (κ3) is 6.45. The summed E-state index contributed by atoms with van der Waals surface area (Å²) >= 11 is 0. The molecule has 4 aromatic rings. The maximum atomic E-state index is 13.2. The van der Waals surface area contributed by atoms with E-state index >= 15 is 0 Å². The fourth-order valence-corrected chi connectivity index (χ4v) is 4.46. The van der Waals surface area contributed by atoms with Crippen molar-refractivity contribution in [3.8, 4) is 12.3 Å². The van der Waals surface area contributed by atoms with Gasteiger partial charge in [0.2, 0.25) is 0 Å². The van der Waals surface area contributed by atoms with Crippen LogP contribution in [0.15, 0.2) is 107 Å². The molecule has 0 aliphatic carbocycles. The minimum atomic E-state index is -1.45. The van der Waals surface area contributed by atoms with Gasteiger partial charge in [0.15, 0.2) is 18.4 Å². The molecule has 43 heavy (non-hydrogen) atoms. The van der Waals surface area contributed by atoms with E-state index in [-0.39, 0.29) is 22.3 Å². The molecule has 11 nitrogen and oxygen atoms in total. The lowest BCUT2D eigenvalue weighted by Gasteiger charge is -2.25. The largest absolute Gasteiger partial charge is 0.459 e. The average Bonchev–Trinajstić information content (AvgIpc) is 3.36. The van der Waals surface area contributed by atoms with Gasteiger partial charge in [0.05, 0.1) is 16.7 Å². The molecule has 1 saturated heterocycles. The number of hydrogen-bond donors (Lipinski definition) is 1. The van der Waals surface area contributed by atoms with E-state index in [1.807, 2.05) is 0 Å². The molecule has 11 heteroatoms. The van der Waals surface area contributed by atoms with Crippen LogP contribution in [-0.2, 0) is 18.9 Å². The second-order valence-corrected chi connectivity index (χ2v) is 9.36. The molecule has 1 aromatic heterocycles. The molecule has 1 N–H and O–H groups in total. The van der Waals surface area contributed by atoms with Gasteiger partial charge in [0, 0.05) is 6.20 Å². The van der Waals surface area contributed by atoms with Gasteiger partial charge in [-0.25, -0.2) is 19.2 Å². The molecular formula is C32H24N2O9. The monoisotopic (exact) mass is 580 g/mol. The Kier molecular flexibility index (Phi) is 8.60. The fourth-order valence-electron chi connectivity index (χ4n) is 4.46. The molecular weight excluding hydrogens is 556 g/mol. The molecule has 3 aromatic carbocycles. The number of nitrogens with zero attached hydrogens (tertiary/aromatic N) is 1. The third-order valence-corrected chi connectivity index (χ3v) is 6.58. The lowest BCUT2D eigenvalue weighted by Crippen LogP contribution is -2.43. The summed E-state index contributed by atoms with van der Waals surface area (Å²) in [5.41, 5.74) is -1.31. The standard InChI is InChI=1S/C32H24N2O9/c1-2-20-18-34(32(39)33-27(20)35)28-26(43-31(38)23-16-10-5-11-17-23)25(42-30(37)22-14-8-4-9-15-22)24(41-28)19-40-29(36)21-12-6-3-7-13-21/h1,3-18,24-26,28H,19H2,(H,33,35,39)/t24-,25-,26+,28-/m1/s1. The molecule has 0 unspecified atom stereocenters. The maximum Gasteiger partial charge on any atom is 0.338 e. The highest BCUT2D eigenvalue weighted by Crippen LogP contribution is 2.34. The molecule has 0 radical (unpaired) electrons. The van der Waals surface area contributed by atoms with Crippen molar-refractivity contribution in [3.05, 3.63) is 140 Å². The van der Waals surface area contributed by atoms with Crippen LogP contribution in [0.2, 0.25) is 0 Å². The Bertz CT molecular complexity index is 1780. The number of rotatable bonds is 8. The van der Waals surface area contributed by atoms with Crippen molar-refractivity contribution in [1.82, 2.24) is 9.55 Å². The normalized spacial score (nSPS) is 19.1. The van der Waals surface area contributed by atoms with Gasteiger partial charge in [-0.3, -0.25) is 14.3 Å². The Balaban J connectivity index is 1.54. The molecule has 0 spiro atoms. The highest BCUT2D eigenvalue weighted by Gasteiger charge is 2.51. The van der Waals surface area contributed by atoms with E-state index in [9.17, 15) is 24.0 Å². The van der Waals surface area contributed by atoms with Crippen LogP contribution >= 0.6 is 0 Å². The smallest absolute Gasteiger partial charge is 0.338 e. The number of hydrogen-bond acceptors (Lipinski definition) is 9. The predicted molar refractivity (Wildman–Crippen MR) is 151 cm³/mol. The van der Waals surface area contributed by atoms with Gasteiger partial charge in [-0.2, -0.15) is 0 Å². The van der Waals surface area contributed by atoms with Crippen molar-refractivity contribution in [2.75, 3.05) is 6.61 Å². The number of ether oxygens (including phenoxy) is 4. The van der Waals surface area contributed by atoms with Crippen molar-refractivity contribution in [3.63, 3.8) is 0 Å². The second kappa shape index (κ2) is 12.8. The number of terminal acetylenes is 1. The first kappa shape index (κ1) is 28.8. The van der Waals surface area contributed by atoms with Gasteiger partial charge in [-0.05, 0) is 36.4 Å². The Morgan fingerprint density at radius 3 is 1.77 bits per heavy atom. The van der Waals surface area contributed by atoms with E-state index < -0.39 is 60.3 Å². The molecule has 5 rings (SSSR count). The third-order valence-electron chi connectivity index (χ3n) is 6.58. The zero-order valence-electron chi connectivity index (χ0n) is 22.5. The minimum absolute atomic E-state index is 0.173. The van der Waals surface area contributed by atoms with Crippen LogP contribution in [0.4, 0.5) is 0 Å². The summed E-state index contributed by atoms with van der Waals surface area (Å²) in [6, 6.07) is 24.2. The number of esters is 3. The summed E-state index contributed by atoms with van der Waals surface area (Å²) in [5, 5.41) is 0. The van der Waals surface area contributed by atoms with E-state index in [2.05, 4.69) is 10.9 Å². The quantitative estimate of drug-likeness (QED) is 0.189. The van der Waals surface area contributed by atoms with Gasteiger partial charge in [0.1, 0.15) is 18.3 Å². The zero-order chi connectivity index (χ0) is 30.3. The number of aromatic nitrogens is 2. The molecule has 0 bridgehead atoms. The summed E-state index contributed by atoms with van der Waals surface area (Å²) in [6.07, 6.45) is 1.03. The summed E-state index contributed by atoms with van der Waals surface area (Å²) < 4.78 is 24.1. The number of benzene rings is 3. The number of carbonyl (C=O) groups excluding carboxylic acids is 3. The Morgan fingerprint density at radius 1 is 0.767 bits per heavy atom. The SMILES string of the molecule is C#Cc1cn([C@@H]2O[C@H](COC(=O)c3ccccc3)[C@@H](OC(=O)c3ccccc3)[C@@H]2OC(=O)c2ccccc2)c(=O)[nH]c1=O. The number of aromatic amines is 1. The lowest BCUT2D eigenvalue weighted by atomic mass is 10.1. The van der Waals surface area contributed by atoms with Crippen LogP contribution in [-0.4, -0.2) is 52.4 Å². The lowest BCUT2D eigenvalue weighted by molar-refractivity contribution is -0.0640. The first-order chi connectivity index (χ1) is 20.9. The van der Waals surface area contributed by atoms with Gasteiger partial charge >= 0.3 is 23.6 Å². The maximum absolute atomic E-state index is 13.2. The molecule has 4 atom stereocenters. The van der Waals surface area contributed by atoms with Gasteiger partial charge in [-0.15, -0.1) is 6.42 Å². The van der Waals surface area contributed by atoms with Crippen LogP contribution in [0.1, 0.15) is 42.9 Å².